The molecule has 0 saturated carbocycles. The number of benzene rings is 1. The Morgan fingerprint density at radius 2 is 2.11 bits per heavy atom. The minimum Gasteiger partial charge on any atom is -0.382 e. The molecule has 3 aromatic rings. The first-order valence-electron chi connectivity index (χ1n) is 5.52. The molecule has 4 nitrogen and oxygen atoms in total. The zero-order valence-corrected chi connectivity index (χ0v) is 10.5. The van der Waals surface area contributed by atoms with Crippen molar-refractivity contribution in [2.45, 2.75) is 6.92 Å². The minimum absolute atomic E-state index is 0.522. The summed E-state index contributed by atoms with van der Waals surface area (Å²) >= 11 is 6.16. The highest BCUT2D eigenvalue weighted by molar-refractivity contribution is 6.35. The third kappa shape index (κ3) is 1.62. The number of anilines is 1. The van der Waals surface area contributed by atoms with Gasteiger partial charge in [0.25, 0.3) is 0 Å². The molecule has 0 spiro atoms. The largest absolute Gasteiger partial charge is 0.382 e. The van der Waals surface area contributed by atoms with Crippen molar-refractivity contribution in [1.29, 1.82) is 0 Å². The van der Waals surface area contributed by atoms with E-state index in [1.807, 2.05) is 37.4 Å². The zero-order chi connectivity index (χ0) is 12.7. The number of hydrogen-bond donors (Lipinski definition) is 1. The lowest BCUT2D eigenvalue weighted by Crippen LogP contribution is -1.98. The van der Waals surface area contributed by atoms with Crippen molar-refractivity contribution < 1.29 is 0 Å². The average molecular weight is 259 g/mol. The molecule has 0 aliphatic carbocycles. The second-order valence-corrected chi connectivity index (χ2v) is 4.52. The fourth-order valence-corrected chi connectivity index (χ4v) is 2.12. The number of nitrogens with zero attached hydrogens (tertiary/aromatic N) is 3. The third-order valence-corrected chi connectivity index (χ3v) is 3.21. The van der Waals surface area contributed by atoms with E-state index in [-0.39, 0.29) is 0 Å². The summed E-state index contributed by atoms with van der Waals surface area (Å²) in [7, 11) is 0. The number of hydrogen-bond acceptors (Lipinski definition) is 3. The Hall–Kier alpha value is -2.07. The summed E-state index contributed by atoms with van der Waals surface area (Å²) < 4.78 is 1.73. The highest BCUT2D eigenvalue weighted by Gasteiger charge is 2.09. The monoisotopic (exact) mass is 258 g/mol. The number of pyridine rings is 1. The molecule has 2 aromatic heterocycles. The van der Waals surface area contributed by atoms with E-state index in [1.165, 1.54) is 0 Å². The lowest BCUT2D eigenvalue weighted by Gasteiger charge is -2.06. The van der Waals surface area contributed by atoms with Crippen molar-refractivity contribution in [2.75, 3.05) is 5.73 Å². The van der Waals surface area contributed by atoms with Crippen molar-refractivity contribution >= 4 is 28.3 Å². The van der Waals surface area contributed by atoms with Crippen LogP contribution in [0.3, 0.4) is 0 Å². The Bertz CT molecular complexity index is 713. The molecular weight excluding hydrogens is 248 g/mol. The second kappa shape index (κ2) is 3.99. The number of halogens is 1. The van der Waals surface area contributed by atoms with Crippen LogP contribution in [-0.2, 0) is 0 Å². The number of aromatic nitrogens is 3. The first-order valence-corrected chi connectivity index (χ1v) is 5.90. The molecule has 0 radical (unpaired) electrons. The van der Waals surface area contributed by atoms with Gasteiger partial charge in [0.15, 0.2) is 0 Å². The minimum atomic E-state index is 0.522. The summed E-state index contributed by atoms with van der Waals surface area (Å²) in [6, 6.07) is 7.53. The van der Waals surface area contributed by atoms with E-state index >= 15 is 0 Å². The average Bonchev–Trinajstić information content (AvgIpc) is 2.70. The van der Waals surface area contributed by atoms with Crippen molar-refractivity contribution in [1.82, 2.24) is 14.8 Å². The van der Waals surface area contributed by atoms with E-state index in [1.54, 1.807) is 10.9 Å². The second-order valence-electron chi connectivity index (χ2n) is 4.11. The zero-order valence-electron chi connectivity index (χ0n) is 9.76. The van der Waals surface area contributed by atoms with Crippen LogP contribution in [-0.4, -0.2) is 14.8 Å². The summed E-state index contributed by atoms with van der Waals surface area (Å²) in [6.07, 6.45) is 3.62. The Balaban J connectivity index is 2.33. The molecular formula is C13H11ClN4. The number of fused-ring (bicyclic) bond motifs is 1. The maximum absolute atomic E-state index is 6.16. The van der Waals surface area contributed by atoms with Gasteiger partial charge in [-0.15, -0.1) is 0 Å². The molecule has 0 fully saturated rings. The molecule has 1 aromatic carbocycles. The lowest BCUT2D eigenvalue weighted by molar-refractivity contribution is 0.890. The number of rotatable bonds is 1. The predicted octanol–water partition coefficient (Wildman–Crippen LogP) is 2.96. The van der Waals surface area contributed by atoms with Gasteiger partial charge in [-0.2, -0.15) is 5.10 Å². The van der Waals surface area contributed by atoms with Gasteiger partial charge in [0, 0.05) is 23.3 Å². The first-order chi connectivity index (χ1) is 8.66. The van der Waals surface area contributed by atoms with Crippen LogP contribution in [0.4, 0.5) is 5.82 Å². The SMILES string of the molecule is Cc1cn(-c2ccc(Cl)c3cccnc23)nc1N. The highest BCUT2D eigenvalue weighted by atomic mass is 35.5. The Labute approximate surface area is 109 Å². The lowest BCUT2D eigenvalue weighted by atomic mass is 10.2. The van der Waals surface area contributed by atoms with Gasteiger partial charge in [0.05, 0.1) is 16.2 Å². The molecule has 0 aliphatic heterocycles. The summed E-state index contributed by atoms with van der Waals surface area (Å²) in [4.78, 5) is 4.37. The van der Waals surface area contributed by atoms with Crippen LogP contribution < -0.4 is 5.73 Å². The van der Waals surface area contributed by atoms with Gasteiger partial charge < -0.3 is 5.73 Å². The number of aryl methyl sites for hydroxylation is 1. The Morgan fingerprint density at radius 1 is 1.28 bits per heavy atom. The molecule has 0 atom stereocenters. The molecule has 18 heavy (non-hydrogen) atoms. The first kappa shape index (κ1) is 11.0. The molecule has 0 saturated heterocycles. The quantitative estimate of drug-likeness (QED) is 0.730. The van der Waals surface area contributed by atoms with Crippen molar-refractivity contribution in [3.8, 4) is 5.69 Å². The molecule has 0 amide bonds. The van der Waals surface area contributed by atoms with E-state index in [0.29, 0.717) is 10.8 Å². The van der Waals surface area contributed by atoms with Gasteiger partial charge in [-0.1, -0.05) is 11.6 Å². The van der Waals surface area contributed by atoms with Crippen LogP contribution in [0.5, 0.6) is 0 Å². The van der Waals surface area contributed by atoms with Crippen LogP contribution in [0.15, 0.2) is 36.7 Å². The third-order valence-electron chi connectivity index (χ3n) is 2.88. The summed E-state index contributed by atoms with van der Waals surface area (Å²) in [6.45, 7) is 1.92. The van der Waals surface area contributed by atoms with Crippen LogP contribution in [0, 0.1) is 6.92 Å². The van der Waals surface area contributed by atoms with Crippen LogP contribution >= 0.6 is 11.6 Å². The normalized spacial score (nSPS) is 11.0. The smallest absolute Gasteiger partial charge is 0.148 e. The summed E-state index contributed by atoms with van der Waals surface area (Å²) in [5.74, 6) is 0.522. The molecule has 2 heterocycles. The van der Waals surface area contributed by atoms with Gasteiger partial charge in [-0.05, 0) is 31.2 Å². The molecule has 0 unspecified atom stereocenters. The van der Waals surface area contributed by atoms with E-state index in [4.69, 9.17) is 17.3 Å². The van der Waals surface area contributed by atoms with Crippen molar-refractivity contribution in [3.63, 3.8) is 0 Å². The summed E-state index contributed by atoms with van der Waals surface area (Å²) in [5.41, 5.74) is 8.40. The Kier molecular flexibility index (Phi) is 2.45. The van der Waals surface area contributed by atoms with Crippen molar-refractivity contribution in [3.05, 3.63) is 47.2 Å². The fourth-order valence-electron chi connectivity index (χ4n) is 1.90. The maximum Gasteiger partial charge on any atom is 0.148 e. The van der Waals surface area contributed by atoms with E-state index in [2.05, 4.69) is 10.1 Å². The highest BCUT2D eigenvalue weighted by Crippen LogP contribution is 2.27. The maximum atomic E-state index is 6.16. The van der Waals surface area contributed by atoms with Crippen LogP contribution in [0.25, 0.3) is 16.6 Å². The van der Waals surface area contributed by atoms with Crippen LogP contribution in [0.1, 0.15) is 5.56 Å². The van der Waals surface area contributed by atoms with Gasteiger partial charge in [0.2, 0.25) is 0 Å². The molecule has 5 heteroatoms. The number of nitrogens with two attached hydrogens (primary N) is 1. The predicted molar refractivity (Wildman–Crippen MR) is 73.0 cm³/mol. The molecule has 2 N–H and O–H groups in total. The van der Waals surface area contributed by atoms with Gasteiger partial charge in [0.1, 0.15) is 5.82 Å². The van der Waals surface area contributed by atoms with Crippen molar-refractivity contribution in [2.24, 2.45) is 0 Å². The van der Waals surface area contributed by atoms with Gasteiger partial charge in [-0.3, -0.25) is 4.98 Å². The fraction of sp³-hybridized carbons (Fsp3) is 0.0769. The van der Waals surface area contributed by atoms with E-state index in [9.17, 15) is 0 Å². The van der Waals surface area contributed by atoms with Gasteiger partial charge in [-0.25, -0.2) is 4.68 Å². The van der Waals surface area contributed by atoms with E-state index < -0.39 is 0 Å². The van der Waals surface area contributed by atoms with E-state index in [0.717, 1.165) is 22.2 Å². The molecule has 90 valence electrons. The number of nitrogen functional groups attached to an aromatic ring is 1. The molecule has 3 rings (SSSR count). The summed E-state index contributed by atoms with van der Waals surface area (Å²) in [5, 5.41) is 5.86. The van der Waals surface area contributed by atoms with Crippen LogP contribution in [0.2, 0.25) is 5.02 Å². The standard InChI is InChI=1S/C13H11ClN4/c1-8-7-18(17-13(8)15)11-5-4-10(14)9-3-2-6-16-12(9)11/h2-7H,1H3,(H2,15,17). The Morgan fingerprint density at radius 3 is 2.83 bits per heavy atom. The molecule has 0 aliphatic rings. The molecule has 0 bridgehead atoms. The topological polar surface area (TPSA) is 56.7 Å². The van der Waals surface area contributed by atoms with Gasteiger partial charge >= 0.3 is 0 Å².